The monoisotopic (exact) mass is 139 g/mol. The summed E-state index contributed by atoms with van der Waals surface area (Å²) in [6.45, 7) is 1.57. The van der Waals surface area contributed by atoms with Crippen molar-refractivity contribution in [1.29, 1.82) is 0 Å². The largest absolute Gasteiger partial charge is 0.353 e. The third-order valence-electron chi connectivity index (χ3n) is 1.68. The lowest BCUT2D eigenvalue weighted by Crippen LogP contribution is -2.33. The minimum Gasteiger partial charge on any atom is -0.353 e. The summed E-state index contributed by atoms with van der Waals surface area (Å²) in [5, 5.41) is 2.89. The van der Waals surface area contributed by atoms with Crippen LogP contribution in [0.15, 0.2) is 12.2 Å². The molecule has 0 radical (unpaired) electrons. The van der Waals surface area contributed by atoms with Gasteiger partial charge in [-0.1, -0.05) is 12.2 Å². The molecule has 1 rings (SSSR count). The zero-order valence-electron chi connectivity index (χ0n) is 6.26. The van der Waals surface area contributed by atoms with E-state index in [1.54, 1.807) is 6.92 Å². The van der Waals surface area contributed by atoms with Crippen molar-refractivity contribution >= 4 is 5.91 Å². The van der Waals surface area contributed by atoms with Crippen LogP contribution in [0.3, 0.4) is 0 Å². The summed E-state index contributed by atoms with van der Waals surface area (Å²) in [5.74, 6) is 0.0836. The van der Waals surface area contributed by atoms with Crippen LogP contribution in [0.1, 0.15) is 26.2 Å². The second-order valence-electron chi connectivity index (χ2n) is 2.68. The summed E-state index contributed by atoms with van der Waals surface area (Å²) in [6, 6.07) is 0.391. The molecule has 0 spiro atoms. The number of carbonyl (C=O) groups is 1. The molecular formula is C8H13NO. The van der Waals surface area contributed by atoms with Crippen LogP contribution in [0, 0.1) is 0 Å². The Balaban J connectivity index is 2.28. The van der Waals surface area contributed by atoms with Gasteiger partial charge in [0.2, 0.25) is 5.91 Å². The van der Waals surface area contributed by atoms with Gasteiger partial charge in [0.05, 0.1) is 0 Å². The van der Waals surface area contributed by atoms with Crippen molar-refractivity contribution in [3.05, 3.63) is 12.2 Å². The van der Waals surface area contributed by atoms with Crippen LogP contribution in [0.4, 0.5) is 0 Å². The first-order chi connectivity index (χ1) is 4.79. The van der Waals surface area contributed by atoms with Crippen LogP contribution >= 0.6 is 0 Å². The first-order valence-corrected chi connectivity index (χ1v) is 3.71. The fourth-order valence-corrected chi connectivity index (χ4v) is 1.21. The van der Waals surface area contributed by atoms with E-state index in [0.29, 0.717) is 6.04 Å². The van der Waals surface area contributed by atoms with E-state index in [0.717, 1.165) is 19.3 Å². The summed E-state index contributed by atoms with van der Waals surface area (Å²) in [5.41, 5.74) is 0. The van der Waals surface area contributed by atoms with E-state index in [9.17, 15) is 4.79 Å². The summed E-state index contributed by atoms with van der Waals surface area (Å²) >= 11 is 0. The van der Waals surface area contributed by atoms with Crippen molar-refractivity contribution in [2.45, 2.75) is 32.2 Å². The fourth-order valence-electron chi connectivity index (χ4n) is 1.21. The Hall–Kier alpha value is -0.790. The average molecular weight is 139 g/mol. The minimum absolute atomic E-state index is 0.0836. The summed E-state index contributed by atoms with van der Waals surface area (Å²) in [7, 11) is 0. The van der Waals surface area contributed by atoms with Gasteiger partial charge in [0.1, 0.15) is 0 Å². The van der Waals surface area contributed by atoms with E-state index in [2.05, 4.69) is 17.5 Å². The molecular weight excluding hydrogens is 126 g/mol. The Morgan fingerprint density at radius 2 is 2.40 bits per heavy atom. The van der Waals surface area contributed by atoms with Gasteiger partial charge in [-0.2, -0.15) is 0 Å². The normalized spacial score (nSPS) is 24.3. The van der Waals surface area contributed by atoms with Gasteiger partial charge in [-0.25, -0.2) is 0 Å². The Morgan fingerprint density at radius 3 is 2.90 bits per heavy atom. The van der Waals surface area contributed by atoms with Crippen molar-refractivity contribution in [2.75, 3.05) is 0 Å². The van der Waals surface area contributed by atoms with Crippen LogP contribution in [0.5, 0.6) is 0 Å². The summed E-state index contributed by atoms with van der Waals surface area (Å²) in [6.07, 6.45) is 7.49. The Labute approximate surface area is 61.3 Å². The Bertz CT molecular complexity index is 151. The lowest BCUT2D eigenvalue weighted by atomic mass is 10.0. The molecule has 0 aliphatic heterocycles. The van der Waals surface area contributed by atoms with Gasteiger partial charge in [-0.3, -0.25) is 4.79 Å². The van der Waals surface area contributed by atoms with Crippen LogP contribution in [-0.2, 0) is 4.79 Å². The molecule has 10 heavy (non-hydrogen) atoms. The van der Waals surface area contributed by atoms with Gasteiger partial charge in [0.15, 0.2) is 0 Å². The average Bonchev–Trinajstić information content (AvgIpc) is 1.88. The van der Waals surface area contributed by atoms with E-state index in [4.69, 9.17) is 0 Å². The molecule has 1 N–H and O–H groups in total. The van der Waals surface area contributed by atoms with Gasteiger partial charge in [-0.05, 0) is 19.3 Å². The van der Waals surface area contributed by atoms with Crippen molar-refractivity contribution in [1.82, 2.24) is 5.32 Å². The fraction of sp³-hybridized carbons (Fsp3) is 0.625. The molecule has 2 heteroatoms. The van der Waals surface area contributed by atoms with E-state index < -0.39 is 0 Å². The molecule has 1 amide bonds. The zero-order valence-corrected chi connectivity index (χ0v) is 6.26. The van der Waals surface area contributed by atoms with E-state index >= 15 is 0 Å². The molecule has 1 atom stereocenters. The number of nitrogens with one attached hydrogen (secondary N) is 1. The SMILES string of the molecule is CC(=O)N[C@H]1CC=CCC1. The molecule has 0 heterocycles. The molecule has 0 fully saturated rings. The number of carbonyl (C=O) groups excluding carboxylic acids is 1. The predicted octanol–water partition coefficient (Wildman–Crippen LogP) is 1.23. The van der Waals surface area contributed by atoms with Crippen LogP contribution in [0.25, 0.3) is 0 Å². The molecule has 0 aromatic heterocycles. The number of rotatable bonds is 1. The lowest BCUT2D eigenvalue weighted by Gasteiger charge is -2.17. The van der Waals surface area contributed by atoms with Crippen molar-refractivity contribution in [2.24, 2.45) is 0 Å². The Kier molecular flexibility index (Phi) is 2.49. The molecule has 1 aliphatic rings. The van der Waals surface area contributed by atoms with Gasteiger partial charge in [-0.15, -0.1) is 0 Å². The molecule has 0 bridgehead atoms. The van der Waals surface area contributed by atoms with Gasteiger partial charge >= 0.3 is 0 Å². The molecule has 0 unspecified atom stereocenters. The Morgan fingerprint density at radius 1 is 1.60 bits per heavy atom. The van der Waals surface area contributed by atoms with E-state index in [1.165, 1.54) is 0 Å². The molecule has 56 valence electrons. The van der Waals surface area contributed by atoms with Crippen molar-refractivity contribution in [3.63, 3.8) is 0 Å². The first kappa shape index (κ1) is 7.32. The highest BCUT2D eigenvalue weighted by molar-refractivity contribution is 5.73. The maximum absolute atomic E-state index is 10.6. The highest BCUT2D eigenvalue weighted by Crippen LogP contribution is 2.09. The first-order valence-electron chi connectivity index (χ1n) is 3.71. The standard InChI is InChI=1S/C8H13NO/c1-7(10)9-8-5-3-2-4-6-8/h2-3,8H,4-6H2,1H3,(H,9,10)/t8-/m0/s1. The second kappa shape index (κ2) is 3.40. The quantitative estimate of drug-likeness (QED) is 0.544. The van der Waals surface area contributed by atoms with Crippen molar-refractivity contribution < 1.29 is 4.79 Å². The van der Waals surface area contributed by atoms with Gasteiger partial charge < -0.3 is 5.32 Å². The van der Waals surface area contributed by atoms with E-state index in [-0.39, 0.29) is 5.91 Å². The zero-order chi connectivity index (χ0) is 7.40. The maximum Gasteiger partial charge on any atom is 0.217 e. The maximum atomic E-state index is 10.6. The number of allylic oxidation sites excluding steroid dienone is 1. The number of hydrogen-bond acceptors (Lipinski definition) is 1. The highest BCUT2D eigenvalue weighted by Gasteiger charge is 2.09. The molecule has 2 nitrogen and oxygen atoms in total. The third-order valence-corrected chi connectivity index (χ3v) is 1.68. The molecule has 1 aliphatic carbocycles. The summed E-state index contributed by atoms with van der Waals surface area (Å²) in [4.78, 5) is 10.6. The molecule has 0 saturated heterocycles. The highest BCUT2D eigenvalue weighted by atomic mass is 16.1. The summed E-state index contributed by atoms with van der Waals surface area (Å²) < 4.78 is 0. The number of hydrogen-bond donors (Lipinski definition) is 1. The second-order valence-corrected chi connectivity index (χ2v) is 2.68. The topological polar surface area (TPSA) is 29.1 Å². The third kappa shape index (κ3) is 2.21. The minimum atomic E-state index is 0.0836. The molecule has 0 aromatic carbocycles. The smallest absolute Gasteiger partial charge is 0.217 e. The lowest BCUT2D eigenvalue weighted by molar-refractivity contribution is -0.119. The van der Waals surface area contributed by atoms with Crippen LogP contribution < -0.4 is 5.32 Å². The molecule has 0 saturated carbocycles. The van der Waals surface area contributed by atoms with Gasteiger partial charge in [0.25, 0.3) is 0 Å². The van der Waals surface area contributed by atoms with Crippen LogP contribution in [-0.4, -0.2) is 11.9 Å². The molecule has 0 aromatic rings. The van der Waals surface area contributed by atoms with Gasteiger partial charge in [0, 0.05) is 13.0 Å². The number of amides is 1. The van der Waals surface area contributed by atoms with Crippen LogP contribution in [0.2, 0.25) is 0 Å². The van der Waals surface area contributed by atoms with E-state index in [1.807, 2.05) is 0 Å². The predicted molar refractivity (Wildman–Crippen MR) is 40.6 cm³/mol. The van der Waals surface area contributed by atoms with Crippen molar-refractivity contribution in [3.8, 4) is 0 Å².